The predicted molar refractivity (Wildman–Crippen MR) is 56.5 cm³/mol. The molecule has 0 radical (unpaired) electrons. The monoisotopic (exact) mass is 213 g/mol. The number of hydrogen-bond donors (Lipinski definition) is 2. The van der Waals surface area contributed by atoms with Crippen molar-refractivity contribution >= 4 is 11.8 Å². The van der Waals surface area contributed by atoms with Gasteiger partial charge in [-0.25, -0.2) is 5.84 Å². The van der Waals surface area contributed by atoms with E-state index in [2.05, 4.69) is 12.3 Å². The number of hydrogen-bond acceptors (Lipinski definition) is 3. The summed E-state index contributed by atoms with van der Waals surface area (Å²) in [6.07, 6.45) is 3.12. The van der Waals surface area contributed by atoms with E-state index in [4.69, 9.17) is 5.84 Å². The first-order valence-corrected chi connectivity index (χ1v) is 5.44. The lowest BCUT2D eigenvalue weighted by atomic mass is 10.0. The molecule has 1 rings (SSSR count). The minimum atomic E-state index is -0.221. The summed E-state index contributed by atoms with van der Waals surface area (Å²) in [6.45, 7) is 3.40. The number of rotatable bonds is 5. The third-order valence-corrected chi connectivity index (χ3v) is 2.76. The first-order chi connectivity index (χ1) is 7.17. The summed E-state index contributed by atoms with van der Waals surface area (Å²) in [7, 11) is 0. The molecule has 5 nitrogen and oxygen atoms in total. The zero-order chi connectivity index (χ0) is 11.3. The minimum Gasteiger partial charge on any atom is -0.342 e. The van der Waals surface area contributed by atoms with E-state index in [-0.39, 0.29) is 11.8 Å². The van der Waals surface area contributed by atoms with Crippen molar-refractivity contribution in [2.45, 2.75) is 32.6 Å². The Morgan fingerprint density at radius 2 is 2.40 bits per heavy atom. The van der Waals surface area contributed by atoms with Crippen LogP contribution < -0.4 is 11.3 Å². The number of carbonyl (C=O) groups excluding carboxylic acids is 2. The minimum absolute atomic E-state index is 0.165. The third-order valence-electron chi connectivity index (χ3n) is 2.76. The van der Waals surface area contributed by atoms with E-state index in [1.807, 2.05) is 0 Å². The molecule has 15 heavy (non-hydrogen) atoms. The SMILES string of the molecule is CCCC1CC(=O)N(CCC(=O)NN)C1. The number of nitrogens with one attached hydrogen (secondary N) is 1. The van der Waals surface area contributed by atoms with Gasteiger partial charge in [-0.15, -0.1) is 0 Å². The second kappa shape index (κ2) is 5.70. The number of nitrogens with zero attached hydrogens (tertiary/aromatic N) is 1. The highest BCUT2D eigenvalue weighted by Gasteiger charge is 2.28. The largest absolute Gasteiger partial charge is 0.342 e. The average molecular weight is 213 g/mol. The lowest BCUT2D eigenvalue weighted by molar-refractivity contribution is -0.128. The smallest absolute Gasteiger partial charge is 0.235 e. The summed E-state index contributed by atoms with van der Waals surface area (Å²) >= 11 is 0. The Balaban J connectivity index is 2.31. The number of hydrazine groups is 1. The first kappa shape index (κ1) is 12.0. The van der Waals surface area contributed by atoms with Crippen LogP contribution in [0, 0.1) is 5.92 Å². The molecule has 1 heterocycles. The van der Waals surface area contributed by atoms with Gasteiger partial charge in [0, 0.05) is 25.9 Å². The van der Waals surface area contributed by atoms with Crippen molar-refractivity contribution in [3.05, 3.63) is 0 Å². The zero-order valence-electron chi connectivity index (χ0n) is 9.16. The summed E-state index contributed by atoms with van der Waals surface area (Å²) in [5.41, 5.74) is 2.06. The zero-order valence-corrected chi connectivity index (χ0v) is 9.16. The van der Waals surface area contributed by atoms with E-state index in [0.29, 0.717) is 25.3 Å². The molecule has 1 unspecified atom stereocenters. The van der Waals surface area contributed by atoms with Crippen LogP contribution in [0.25, 0.3) is 0 Å². The quantitative estimate of drug-likeness (QED) is 0.384. The van der Waals surface area contributed by atoms with Crippen molar-refractivity contribution in [3.63, 3.8) is 0 Å². The highest BCUT2D eigenvalue weighted by Crippen LogP contribution is 2.21. The van der Waals surface area contributed by atoms with Crippen molar-refractivity contribution in [1.29, 1.82) is 0 Å². The molecule has 1 fully saturated rings. The van der Waals surface area contributed by atoms with Crippen LogP contribution in [0.4, 0.5) is 0 Å². The van der Waals surface area contributed by atoms with Gasteiger partial charge in [-0.1, -0.05) is 13.3 Å². The van der Waals surface area contributed by atoms with Crippen LogP contribution in [0.5, 0.6) is 0 Å². The van der Waals surface area contributed by atoms with Crippen LogP contribution in [0.2, 0.25) is 0 Å². The van der Waals surface area contributed by atoms with Crippen LogP contribution in [-0.4, -0.2) is 29.8 Å². The fourth-order valence-electron chi connectivity index (χ4n) is 1.98. The molecular weight excluding hydrogens is 194 g/mol. The van der Waals surface area contributed by atoms with Gasteiger partial charge in [0.15, 0.2) is 0 Å². The molecule has 1 saturated heterocycles. The summed E-state index contributed by atoms with van der Waals surface area (Å²) in [5, 5.41) is 0. The van der Waals surface area contributed by atoms with Gasteiger partial charge in [0.25, 0.3) is 0 Å². The van der Waals surface area contributed by atoms with Crippen LogP contribution >= 0.6 is 0 Å². The Hall–Kier alpha value is -1.10. The molecule has 3 N–H and O–H groups in total. The Labute approximate surface area is 90.0 Å². The highest BCUT2D eigenvalue weighted by molar-refractivity contribution is 5.80. The van der Waals surface area contributed by atoms with E-state index in [1.165, 1.54) is 0 Å². The summed E-state index contributed by atoms with van der Waals surface area (Å²) < 4.78 is 0. The number of nitrogens with two attached hydrogens (primary N) is 1. The fraction of sp³-hybridized carbons (Fsp3) is 0.800. The topological polar surface area (TPSA) is 75.4 Å². The summed E-state index contributed by atoms with van der Waals surface area (Å²) in [4.78, 5) is 24.2. The van der Waals surface area contributed by atoms with Crippen LogP contribution in [0.1, 0.15) is 32.6 Å². The second-order valence-electron chi connectivity index (χ2n) is 4.02. The molecule has 1 aliphatic rings. The molecule has 1 atom stereocenters. The molecule has 0 saturated carbocycles. The third kappa shape index (κ3) is 3.51. The van der Waals surface area contributed by atoms with Crippen LogP contribution in [0.3, 0.4) is 0 Å². The molecule has 0 spiro atoms. The highest BCUT2D eigenvalue weighted by atomic mass is 16.2. The standard InChI is InChI=1S/C10H19N3O2/c1-2-3-8-6-10(15)13(7-8)5-4-9(14)12-11/h8H,2-7,11H2,1H3,(H,12,14). The molecule has 0 aromatic carbocycles. The van der Waals surface area contributed by atoms with Gasteiger partial charge < -0.3 is 4.90 Å². The number of amides is 2. The summed E-state index contributed by atoms with van der Waals surface area (Å²) in [5.74, 6) is 5.38. The lowest BCUT2D eigenvalue weighted by Crippen LogP contribution is -2.34. The maximum absolute atomic E-state index is 11.5. The molecule has 5 heteroatoms. The molecule has 0 bridgehead atoms. The van der Waals surface area contributed by atoms with E-state index >= 15 is 0 Å². The Kier molecular flexibility index (Phi) is 4.55. The van der Waals surface area contributed by atoms with Crippen molar-refractivity contribution in [1.82, 2.24) is 10.3 Å². The Morgan fingerprint density at radius 1 is 1.67 bits per heavy atom. The lowest BCUT2D eigenvalue weighted by Gasteiger charge is -2.15. The molecule has 2 amide bonds. The van der Waals surface area contributed by atoms with Gasteiger partial charge >= 0.3 is 0 Å². The van der Waals surface area contributed by atoms with Crippen molar-refractivity contribution in [3.8, 4) is 0 Å². The van der Waals surface area contributed by atoms with Gasteiger partial charge in [-0.3, -0.25) is 15.0 Å². The van der Waals surface area contributed by atoms with Gasteiger partial charge in [-0.05, 0) is 12.3 Å². The van der Waals surface area contributed by atoms with E-state index in [0.717, 1.165) is 19.4 Å². The predicted octanol–water partition coefficient (Wildman–Crippen LogP) is 0.0150. The fourth-order valence-corrected chi connectivity index (χ4v) is 1.98. The molecule has 0 aliphatic carbocycles. The van der Waals surface area contributed by atoms with E-state index in [9.17, 15) is 9.59 Å². The Bertz CT molecular complexity index is 243. The van der Waals surface area contributed by atoms with E-state index < -0.39 is 0 Å². The second-order valence-corrected chi connectivity index (χ2v) is 4.02. The Morgan fingerprint density at radius 3 is 3.00 bits per heavy atom. The van der Waals surface area contributed by atoms with Crippen molar-refractivity contribution in [2.75, 3.05) is 13.1 Å². The van der Waals surface area contributed by atoms with Crippen LogP contribution in [0.15, 0.2) is 0 Å². The van der Waals surface area contributed by atoms with Gasteiger partial charge in [0.05, 0.1) is 0 Å². The maximum atomic E-state index is 11.5. The molecular formula is C10H19N3O2. The van der Waals surface area contributed by atoms with Crippen molar-refractivity contribution < 1.29 is 9.59 Å². The molecule has 0 aromatic heterocycles. The first-order valence-electron chi connectivity index (χ1n) is 5.44. The molecule has 1 aliphatic heterocycles. The van der Waals surface area contributed by atoms with Gasteiger partial charge in [0.1, 0.15) is 0 Å². The molecule has 0 aromatic rings. The van der Waals surface area contributed by atoms with Crippen molar-refractivity contribution in [2.24, 2.45) is 11.8 Å². The average Bonchev–Trinajstić information content (AvgIpc) is 2.56. The summed E-state index contributed by atoms with van der Waals surface area (Å²) in [6, 6.07) is 0. The maximum Gasteiger partial charge on any atom is 0.235 e. The van der Waals surface area contributed by atoms with Gasteiger partial charge in [0.2, 0.25) is 11.8 Å². The van der Waals surface area contributed by atoms with Gasteiger partial charge in [-0.2, -0.15) is 0 Å². The number of carbonyl (C=O) groups is 2. The molecule has 86 valence electrons. The van der Waals surface area contributed by atoms with Crippen LogP contribution in [-0.2, 0) is 9.59 Å². The normalized spacial score (nSPS) is 20.8. The van der Waals surface area contributed by atoms with E-state index in [1.54, 1.807) is 4.90 Å². The number of likely N-dealkylation sites (tertiary alicyclic amines) is 1.